The number of carbonyl (C=O) groups excluding carboxylic acids is 2. The number of rotatable bonds is 7. The molecule has 0 radical (unpaired) electrons. The highest BCUT2D eigenvalue weighted by Crippen LogP contribution is 2.27. The fourth-order valence-electron chi connectivity index (χ4n) is 1.83. The van der Waals surface area contributed by atoms with Gasteiger partial charge >= 0.3 is 11.9 Å². The van der Waals surface area contributed by atoms with Gasteiger partial charge in [-0.2, -0.15) is 0 Å². The topological polar surface area (TPSA) is 61.8 Å². The van der Waals surface area contributed by atoms with E-state index < -0.39 is 11.9 Å². The first-order valence-corrected chi connectivity index (χ1v) is 8.72. The maximum Gasteiger partial charge on any atom is 0.349 e. The van der Waals surface area contributed by atoms with Gasteiger partial charge < -0.3 is 14.2 Å². The molecule has 0 atom stereocenters. The van der Waals surface area contributed by atoms with Gasteiger partial charge in [0.05, 0.1) is 17.2 Å². The van der Waals surface area contributed by atoms with Crippen LogP contribution in [0.2, 0.25) is 5.02 Å². The highest BCUT2D eigenvalue weighted by molar-refractivity contribution is 9.10. The number of carbonyl (C=O) groups is 2. The van der Waals surface area contributed by atoms with Gasteiger partial charge in [0, 0.05) is 4.47 Å². The second-order valence-electron chi connectivity index (χ2n) is 5.00. The minimum atomic E-state index is -0.583. The standard InChI is InChI=1S/C18H16BrClO5/c1-2-9-23-18(22)12-3-6-14(7-4-12)25-17(21)11-24-16-8-5-13(19)10-15(16)20/h3-8,10H,2,9,11H2,1H3. The van der Waals surface area contributed by atoms with Crippen LogP contribution in [-0.4, -0.2) is 25.2 Å². The van der Waals surface area contributed by atoms with Crippen molar-refractivity contribution in [3.05, 3.63) is 57.5 Å². The van der Waals surface area contributed by atoms with Gasteiger partial charge in [0.25, 0.3) is 0 Å². The number of halogens is 2. The largest absolute Gasteiger partial charge is 0.480 e. The van der Waals surface area contributed by atoms with Crippen molar-refractivity contribution in [2.75, 3.05) is 13.2 Å². The molecule has 0 saturated heterocycles. The first-order valence-electron chi connectivity index (χ1n) is 7.55. The first kappa shape index (κ1) is 19.3. The Morgan fingerprint density at radius 2 is 1.84 bits per heavy atom. The molecule has 0 bridgehead atoms. The SMILES string of the molecule is CCCOC(=O)c1ccc(OC(=O)COc2ccc(Br)cc2Cl)cc1. The molecule has 7 heteroatoms. The number of hydrogen-bond donors (Lipinski definition) is 0. The number of ether oxygens (including phenoxy) is 3. The lowest BCUT2D eigenvalue weighted by molar-refractivity contribution is -0.136. The average Bonchev–Trinajstić information content (AvgIpc) is 2.59. The van der Waals surface area contributed by atoms with E-state index in [1.165, 1.54) is 24.3 Å². The number of hydrogen-bond acceptors (Lipinski definition) is 5. The molecule has 2 aromatic rings. The van der Waals surface area contributed by atoms with Crippen LogP contribution in [0.15, 0.2) is 46.9 Å². The number of esters is 2. The number of benzene rings is 2. The lowest BCUT2D eigenvalue weighted by atomic mass is 10.2. The molecule has 0 fully saturated rings. The Bertz CT molecular complexity index is 746. The van der Waals surface area contributed by atoms with Crippen LogP contribution in [0, 0.1) is 0 Å². The molecule has 0 aliphatic rings. The van der Waals surface area contributed by atoms with Crippen LogP contribution >= 0.6 is 27.5 Å². The summed E-state index contributed by atoms with van der Waals surface area (Å²) in [6, 6.07) is 11.2. The molecule has 5 nitrogen and oxygen atoms in total. The second-order valence-corrected chi connectivity index (χ2v) is 6.32. The van der Waals surface area contributed by atoms with E-state index in [1.807, 2.05) is 6.92 Å². The summed E-state index contributed by atoms with van der Waals surface area (Å²) < 4.78 is 16.3. The molecule has 0 aromatic heterocycles. The second kappa shape index (κ2) is 9.44. The quantitative estimate of drug-likeness (QED) is 0.475. The summed E-state index contributed by atoms with van der Waals surface area (Å²) in [5.74, 6) is -0.299. The Morgan fingerprint density at radius 1 is 1.12 bits per heavy atom. The Morgan fingerprint density at radius 3 is 2.48 bits per heavy atom. The van der Waals surface area contributed by atoms with Crippen LogP contribution in [0.1, 0.15) is 23.7 Å². The molecule has 2 aromatic carbocycles. The van der Waals surface area contributed by atoms with E-state index in [0.717, 1.165) is 10.9 Å². The van der Waals surface area contributed by atoms with Crippen molar-refractivity contribution in [1.82, 2.24) is 0 Å². The summed E-state index contributed by atoms with van der Waals surface area (Å²) in [6.45, 7) is 1.99. The molecular weight excluding hydrogens is 412 g/mol. The summed E-state index contributed by atoms with van der Waals surface area (Å²) in [6.07, 6.45) is 0.754. The van der Waals surface area contributed by atoms with Crippen LogP contribution < -0.4 is 9.47 Å². The molecule has 25 heavy (non-hydrogen) atoms. The third-order valence-electron chi connectivity index (χ3n) is 3.00. The maximum atomic E-state index is 11.8. The predicted octanol–water partition coefficient (Wildman–Crippen LogP) is 4.65. The molecule has 0 spiro atoms. The molecule has 0 N–H and O–H groups in total. The van der Waals surface area contributed by atoms with Crippen LogP contribution in [-0.2, 0) is 9.53 Å². The van der Waals surface area contributed by atoms with Gasteiger partial charge in [-0.3, -0.25) is 0 Å². The molecule has 0 aliphatic carbocycles. The van der Waals surface area contributed by atoms with Crippen molar-refractivity contribution >= 4 is 39.5 Å². The van der Waals surface area contributed by atoms with Gasteiger partial charge in [0.2, 0.25) is 0 Å². The summed E-state index contributed by atoms with van der Waals surface area (Å²) in [4.78, 5) is 23.5. The summed E-state index contributed by atoms with van der Waals surface area (Å²) in [5, 5.41) is 0.386. The highest BCUT2D eigenvalue weighted by atomic mass is 79.9. The monoisotopic (exact) mass is 426 g/mol. The van der Waals surface area contributed by atoms with E-state index in [2.05, 4.69) is 15.9 Å². The van der Waals surface area contributed by atoms with Crippen molar-refractivity contribution in [3.8, 4) is 11.5 Å². The summed E-state index contributed by atoms with van der Waals surface area (Å²) >= 11 is 9.29. The smallest absolute Gasteiger partial charge is 0.349 e. The fraction of sp³-hybridized carbons (Fsp3) is 0.222. The Kier molecular flexibility index (Phi) is 7.28. The maximum absolute atomic E-state index is 11.8. The summed E-state index contributed by atoms with van der Waals surface area (Å²) in [7, 11) is 0. The molecular formula is C18H16BrClO5. The lowest BCUT2D eigenvalue weighted by Crippen LogP contribution is -2.17. The fourth-order valence-corrected chi connectivity index (χ4v) is 2.55. The molecule has 0 amide bonds. The van der Waals surface area contributed by atoms with E-state index in [-0.39, 0.29) is 6.61 Å². The Balaban J connectivity index is 1.87. The zero-order valence-electron chi connectivity index (χ0n) is 13.5. The van der Waals surface area contributed by atoms with E-state index in [1.54, 1.807) is 18.2 Å². The first-order chi connectivity index (χ1) is 12.0. The van der Waals surface area contributed by atoms with E-state index >= 15 is 0 Å². The van der Waals surface area contributed by atoms with Crippen LogP contribution in [0.3, 0.4) is 0 Å². The van der Waals surface area contributed by atoms with E-state index in [4.69, 9.17) is 25.8 Å². The average molecular weight is 428 g/mol. The third-order valence-corrected chi connectivity index (χ3v) is 3.79. The van der Waals surface area contributed by atoms with Gasteiger partial charge in [0.1, 0.15) is 11.5 Å². The molecule has 132 valence electrons. The zero-order chi connectivity index (χ0) is 18.2. The van der Waals surface area contributed by atoms with E-state index in [0.29, 0.717) is 28.7 Å². The third kappa shape index (κ3) is 6.07. The summed E-state index contributed by atoms with van der Waals surface area (Å²) in [5.41, 5.74) is 0.395. The molecule has 0 aliphatic heterocycles. The van der Waals surface area contributed by atoms with Crippen molar-refractivity contribution in [1.29, 1.82) is 0 Å². The minimum Gasteiger partial charge on any atom is -0.480 e. The molecule has 0 unspecified atom stereocenters. The molecule has 2 rings (SSSR count). The van der Waals surface area contributed by atoms with Gasteiger partial charge in [-0.1, -0.05) is 34.5 Å². The van der Waals surface area contributed by atoms with Crippen molar-refractivity contribution < 1.29 is 23.8 Å². The van der Waals surface area contributed by atoms with Crippen molar-refractivity contribution in [3.63, 3.8) is 0 Å². The predicted molar refractivity (Wildman–Crippen MR) is 97.3 cm³/mol. The van der Waals surface area contributed by atoms with Crippen LogP contribution in [0.5, 0.6) is 11.5 Å². The Labute approximate surface area is 159 Å². The van der Waals surface area contributed by atoms with Crippen molar-refractivity contribution in [2.45, 2.75) is 13.3 Å². The van der Waals surface area contributed by atoms with Crippen molar-refractivity contribution in [2.24, 2.45) is 0 Å². The Hall–Kier alpha value is -2.05. The molecule has 0 heterocycles. The van der Waals surface area contributed by atoms with Gasteiger partial charge in [-0.05, 0) is 48.9 Å². The highest BCUT2D eigenvalue weighted by Gasteiger charge is 2.10. The van der Waals surface area contributed by atoms with Gasteiger partial charge in [-0.15, -0.1) is 0 Å². The zero-order valence-corrected chi connectivity index (χ0v) is 15.8. The lowest BCUT2D eigenvalue weighted by Gasteiger charge is -2.09. The van der Waals surface area contributed by atoms with E-state index in [9.17, 15) is 9.59 Å². The normalized spacial score (nSPS) is 10.2. The molecule has 0 saturated carbocycles. The minimum absolute atomic E-state index is 0.290. The van der Waals surface area contributed by atoms with Gasteiger partial charge in [-0.25, -0.2) is 9.59 Å². The van der Waals surface area contributed by atoms with Crippen LogP contribution in [0.4, 0.5) is 0 Å². The van der Waals surface area contributed by atoms with Gasteiger partial charge in [0.15, 0.2) is 6.61 Å². The van der Waals surface area contributed by atoms with Crippen LogP contribution in [0.25, 0.3) is 0 Å².